The van der Waals surface area contributed by atoms with Gasteiger partial charge in [-0.05, 0) is 6.92 Å². The topological polar surface area (TPSA) is 86.7 Å². The number of anilines is 1. The number of imidazole rings is 1. The van der Waals surface area contributed by atoms with Crippen molar-refractivity contribution in [2.75, 3.05) is 5.32 Å². The van der Waals surface area contributed by atoms with Crippen LogP contribution in [-0.4, -0.2) is 37.2 Å². The maximum atomic E-state index is 9.44. The van der Waals surface area contributed by atoms with Gasteiger partial charge in [0.25, 0.3) is 0 Å². The highest BCUT2D eigenvalue weighted by Crippen LogP contribution is 2.09. The van der Waals surface area contributed by atoms with E-state index in [0.717, 1.165) is 0 Å². The Kier molecular flexibility index (Phi) is 2.82. The van der Waals surface area contributed by atoms with Crippen LogP contribution in [0.15, 0.2) is 25.2 Å². The third-order valence-electron chi connectivity index (χ3n) is 2.24. The van der Waals surface area contributed by atoms with Crippen molar-refractivity contribution in [3.63, 3.8) is 0 Å². The van der Waals surface area contributed by atoms with Crippen molar-refractivity contribution < 1.29 is 5.11 Å². The summed E-state index contributed by atoms with van der Waals surface area (Å²) in [6.07, 6.45) is 4.23. The molecule has 0 bridgehead atoms. The summed E-state index contributed by atoms with van der Waals surface area (Å²) in [5.41, 5.74) is 1.36. The number of aromatic amines is 1. The minimum absolute atomic E-state index is 0.277. The first-order chi connectivity index (χ1) is 7.70. The first-order valence-electron chi connectivity index (χ1n) is 4.94. The van der Waals surface area contributed by atoms with E-state index in [4.69, 9.17) is 0 Å². The average molecular weight is 219 g/mol. The van der Waals surface area contributed by atoms with Gasteiger partial charge in [0.05, 0.1) is 24.7 Å². The van der Waals surface area contributed by atoms with Gasteiger partial charge in [0.15, 0.2) is 5.65 Å². The quantitative estimate of drug-likeness (QED) is 0.659. The van der Waals surface area contributed by atoms with Crippen LogP contribution in [0.5, 0.6) is 0 Å². The van der Waals surface area contributed by atoms with Gasteiger partial charge in [-0.15, -0.1) is 6.58 Å². The minimum atomic E-state index is -0.557. The van der Waals surface area contributed by atoms with Crippen molar-refractivity contribution in [3.05, 3.63) is 25.2 Å². The van der Waals surface area contributed by atoms with Gasteiger partial charge < -0.3 is 15.4 Å². The predicted molar refractivity (Wildman–Crippen MR) is 61.0 cm³/mol. The van der Waals surface area contributed by atoms with E-state index < -0.39 is 6.10 Å². The molecule has 6 nitrogen and oxygen atoms in total. The Morgan fingerprint density at radius 2 is 2.38 bits per heavy atom. The second kappa shape index (κ2) is 4.28. The van der Waals surface area contributed by atoms with Crippen LogP contribution in [0.3, 0.4) is 0 Å². The lowest BCUT2D eigenvalue weighted by Crippen LogP contribution is -2.29. The number of aliphatic hydroxyl groups excluding tert-OH is 1. The van der Waals surface area contributed by atoms with Crippen LogP contribution >= 0.6 is 0 Å². The Labute approximate surface area is 92.5 Å². The highest BCUT2D eigenvalue weighted by atomic mass is 16.3. The molecule has 0 fully saturated rings. The molecule has 0 saturated carbocycles. The van der Waals surface area contributed by atoms with Crippen LogP contribution in [0.25, 0.3) is 11.2 Å². The van der Waals surface area contributed by atoms with Crippen molar-refractivity contribution in [1.82, 2.24) is 19.9 Å². The molecule has 2 heterocycles. The van der Waals surface area contributed by atoms with E-state index in [1.807, 2.05) is 0 Å². The molecule has 0 radical (unpaired) electrons. The van der Waals surface area contributed by atoms with E-state index in [1.165, 1.54) is 0 Å². The van der Waals surface area contributed by atoms with Gasteiger partial charge in [-0.2, -0.15) is 4.98 Å². The Balaban J connectivity index is 2.23. The largest absolute Gasteiger partial charge is 0.391 e. The molecule has 2 unspecified atom stereocenters. The fourth-order valence-corrected chi connectivity index (χ4v) is 1.33. The number of nitrogens with one attached hydrogen (secondary N) is 2. The average Bonchev–Trinajstić information content (AvgIpc) is 2.72. The maximum Gasteiger partial charge on any atom is 0.225 e. The van der Waals surface area contributed by atoms with Gasteiger partial charge in [-0.25, -0.2) is 9.97 Å². The lowest BCUT2D eigenvalue weighted by Gasteiger charge is -2.16. The standard InChI is InChI=1S/C10H13N5O/c1-3-7(6(2)16)14-10-11-4-8-9(15-10)13-5-12-8/h3-7,16H,1H2,2H3,(H2,11,12,13,14,15). The van der Waals surface area contributed by atoms with Gasteiger partial charge >= 0.3 is 0 Å². The molecule has 3 N–H and O–H groups in total. The summed E-state index contributed by atoms with van der Waals surface area (Å²) in [5.74, 6) is 0.433. The lowest BCUT2D eigenvalue weighted by molar-refractivity contribution is 0.186. The zero-order valence-electron chi connectivity index (χ0n) is 8.88. The lowest BCUT2D eigenvalue weighted by atomic mass is 10.2. The molecule has 0 aliphatic carbocycles. The van der Waals surface area contributed by atoms with Crippen LogP contribution in [-0.2, 0) is 0 Å². The first kappa shape index (κ1) is 10.6. The fourth-order valence-electron chi connectivity index (χ4n) is 1.33. The third-order valence-corrected chi connectivity index (χ3v) is 2.24. The number of aromatic nitrogens is 4. The molecule has 0 aromatic carbocycles. The fraction of sp³-hybridized carbons (Fsp3) is 0.300. The van der Waals surface area contributed by atoms with Crippen LogP contribution in [0.2, 0.25) is 0 Å². The highest BCUT2D eigenvalue weighted by Gasteiger charge is 2.12. The van der Waals surface area contributed by atoms with E-state index in [0.29, 0.717) is 17.1 Å². The highest BCUT2D eigenvalue weighted by molar-refractivity contribution is 5.69. The third kappa shape index (κ3) is 2.01. The Hall–Kier alpha value is -1.95. The maximum absolute atomic E-state index is 9.44. The summed E-state index contributed by atoms with van der Waals surface area (Å²) in [4.78, 5) is 15.2. The first-order valence-corrected chi connectivity index (χ1v) is 4.94. The second-order valence-electron chi connectivity index (χ2n) is 3.48. The molecule has 2 atom stereocenters. The van der Waals surface area contributed by atoms with Gasteiger partial charge in [-0.1, -0.05) is 6.08 Å². The predicted octanol–water partition coefficient (Wildman–Crippen LogP) is 0.700. The van der Waals surface area contributed by atoms with Crippen molar-refractivity contribution in [2.24, 2.45) is 0 Å². The van der Waals surface area contributed by atoms with Crippen molar-refractivity contribution in [3.8, 4) is 0 Å². The number of rotatable bonds is 4. The van der Waals surface area contributed by atoms with Gasteiger partial charge in [0, 0.05) is 0 Å². The molecule has 0 saturated heterocycles. The summed E-state index contributed by atoms with van der Waals surface area (Å²) in [7, 11) is 0. The summed E-state index contributed by atoms with van der Waals surface area (Å²) >= 11 is 0. The van der Waals surface area contributed by atoms with E-state index in [2.05, 4.69) is 31.8 Å². The zero-order chi connectivity index (χ0) is 11.5. The number of hydrogen-bond donors (Lipinski definition) is 3. The molecule has 2 rings (SSSR count). The van der Waals surface area contributed by atoms with Crippen molar-refractivity contribution in [2.45, 2.75) is 19.1 Å². The summed E-state index contributed by atoms with van der Waals surface area (Å²) in [5, 5.41) is 12.4. The van der Waals surface area contributed by atoms with Crippen LogP contribution in [0, 0.1) is 0 Å². The number of aliphatic hydroxyl groups is 1. The second-order valence-corrected chi connectivity index (χ2v) is 3.48. The molecular formula is C10H13N5O. The van der Waals surface area contributed by atoms with Gasteiger partial charge in [-0.3, -0.25) is 0 Å². The van der Waals surface area contributed by atoms with E-state index in [-0.39, 0.29) is 6.04 Å². The SMILES string of the molecule is C=CC(Nc1ncc2nc[nH]c2n1)C(C)O. The summed E-state index contributed by atoms with van der Waals surface area (Å²) < 4.78 is 0. The Bertz CT molecular complexity index is 493. The summed E-state index contributed by atoms with van der Waals surface area (Å²) in [6, 6.07) is -0.277. The molecular weight excluding hydrogens is 206 g/mol. The molecule has 0 amide bonds. The molecule has 0 aliphatic heterocycles. The van der Waals surface area contributed by atoms with Gasteiger partial charge in [0.2, 0.25) is 5.95 Å². The summed E-state index contributed by atoms with van der Waals surface area (Å²) in [6.45, 7) is 5.31. The number of H-pyrrole nitrogens is 1. The molecule has 6 heteroatoms. The van der Waals surface area contributed by atoms with Crippen LogP contribution in [0.1, 0.15) is 6.92 Å². The van der Waals surface area contributed by atoms with E-state index in [1.54, 1.807) is 25.5 Å². The van der Waals surface area contributed by atoms with E-state index >= 15 is 0 Å². The number of fused-ring (bicyclic) bond motifs is 1. The zero-order valence-corrected chi connectivity index (χ0v) is 8.88. The number of nitrogens with zero attached hydrogens (tertiary/aromatic N) is 3. The van der Waals surface area contributed by atoms with E-state index in [9.17, 15) is 5.11 Å². The smallest absolute Gasteiger partial charge is 0.225 e. The molecule has 0 spiro atoms. The Morgan fingerprint density at radius 1 is 1.56 bits per heavy atom. The molecule has 2 aromatic heterocycles. The molecule has 0 aliphatic rings. The molecule has 2 aromatic rings. The van der Waals surface area contributed by atoms with Crippen molar-refractivity contribution in [1.29, 1.82) is 0 Å². The molecule has 16 heavy (non-hydrogen) atoms. The monoisotopic (exact) mass is 219 g/mol. The molecule has 84 valence electrons. The Morgan fingerprint density at radius 3 is 3.06 bits per heavy atom. The normalized spacial score (nSPS) is 14.6. The van der Waals surface area contributed by atoms with Crippen LogP contribution in [0.4, 0.5) is 5.95 Å². The van der Waals surface area contributed by atoms with Crippen LogP contribution < -0.4 is 5.32 Å². The minimum Gasteiger partial charge on any atom is -0.391 e. The number of hydrogen-bond acceptors (Lipinski definition) is 5. The van der Waals surface area contributed by atoms with Gasteiger partial charge in [0.1, 0.15) is 5.52 Å². The van der Waals surface area contributed by atoms with Crippen molar-refractivity contribution >= 4 is 17.1 Å².